The quantitative estimate of drug-likeness (QED) is 0.718. The van der Waals surface area contributed by atoms with Gasteiger partial charge in [0.25, 0.3) is 0 Å². The summed E-state index contributed by atoms with van der Waals surface area (Å²) in [6.45, 7) is 0.357. The van der Waals surface area contributed by atoms with Crippen molar-refractivity contribution < 1.29 is 19.4 Å². The summed E-state index contributed by atoms with van der Waals surface area (Å²) < 4.78 is 10.2. The third-order valence-electron chi connectivity index (χ3n) is 2.47. The minimum Gasteiger partial charge on any atom is -0.493 e. The summed E-state index contributed by atoms with van der Waals surface area (Å²) in [7, 11) is 4.73. The van der Waals surface area contributed by atoms with Crippen LogP contribution in [0, 0.1) is 0 Å². The number of rotatable bonds is 6. The molecule has 0 fully saturated rings. The number of likely N-dealkylation sites (N-methyl/N-ethyl adjacent to an activating group) is 1. The van der Waals surface area contributed by atoms with Crippen LogP contribution in [0.2, 0.25) is 0 Å². The lowest BCUT2D eigenvalue weighted by Crippen LogP contribution is -2.18. The molecule has 0 aromatic heterocycles. The van der Waals surface area contributed by atoms with Crippen LogP contribution in [0.5, 0.6) is 11.5 Å². The van der Waals surface area contributed by atoms with Crippen LogP contribution in [0.15, 0.2) is 12.1 Å². The minimum atomic E-state index is -0.764. The van der Waals surface area contributed by atoms with Crippen molar-refractivity contribution in [2.45, 2.75) is 6.10 Å². The van der Waals surface area contributed by atoms with Gasteiger partial charge in [-0.1, -0.05) is 0 Å². The van der Waals surface area contributed by atoms with Gasteiger partial charge in [-0.25, -0.2) is 0 Å². The molecule has 1 rings (SSSR count). The van der Waals surface area contributed by atoms with Crippen molar-refractivity contribution in [2.75, 3.05) is 27.8 Å². The van der Waals surface area contributed by atoms with Crippen LogP contribution in [-0.2, 0) is 0 Å². The monoisotopic (exact) mass is 239 g/mol. The second-order valence-electron chi connectivity index (χ2n) is 3.53. The average molecular weight is 239 g/mol. The van der Waals surface area contributed by atoms with Crippen LogP contribution < -0.4 is 14.8 Å². The van der Waals surface area contributed by atoms with Crippen molar-refractivity contribution >= 4 is 6.29 Å². The SMILES string of the molecule is CNCC(O)c1cc(OC)c(OC)cc1C=O. The summed E-state index contributed by atoms with van der Waals surface area (Å²) in [6.07, 6.45) is -0.0732. The molecule has 0 heterocycles. The highest BCUT2D eigenvalue weighted by Crippen LogP contribution is 2.32. The molecule has 0 aliphatic heterocycles. The van der Waals surface area contributed by atoms with Crippen LogP contribution in [-0.4, -0.2) is 39.2 Å². The van der Waals surface area contributed by atoms with E-state index >= 15 is 0 Å². The molecule has 94 valence electrons. The number of hydrogen-bond acceptors (Lipinski definition) is 5. The van der Waals surface area contributed by atoms with E-state index in [1.54, 1.807) is 19.2 Å². The molecule has 5 heteroatoms. The zero-order chi connectivity index (χ0) is 12.8. The Morgan fingerprint density at radius 3 is 2.41 bits per heavy atom. The Morgan fingerprint density at radius 1 is 1.35 bits per heavy atom. The van der Waals surface area contributed by atoms with Crippen LogP contribution in [0.25, 0.3) is 0 Å². The highest BCUT2D eigenvalue weighted by molar-refractivity contribution is 5.79. The zero-order valence-corrected chi connectivity index (χ0v) is 10.2. The van der Waals surface area contributed by atoms with Crippen LogP contribution in [0.1, 0.15) is 22.0 Å². The standard InChI is InChI=1S/C12H17NO4/c1-13-6-10(15)9-5-12(17-3)11(16-2)4-8(9)7-14/h4-5,7,10,13,15H,6H2,1-3H3. The minimum absolute atomic E-state index is 0.357. The summed E-state index contributed by atoms with van der Waals surface area (Å²) in [6, 6.07) is 3.17. The molecule has 1 aromatic carbocycles. The van der Waals surface area contributed by atoms with Gasteiger partial charge in [-0.05, 0) is 24.7 Å². The van der Waals surface area contributed by atoms with Gasteiger partial charge in [0.2, 0.25) is 0 Å². The molecule has 0 saturated heterocycles. The number of ether oxygens (including phenoxy) is 2. The molecule has 0 amide bonds. The van der Waals surface area contributed by atoms with Crippen molar-refractivity contribution in [3.05, 3.63) is 23.3 Å². The molecule has 0 radical (unpaired) electrons. The maximum Gasteiger partial charge on any atom is 0.161 e. The molecule has 0 aliphatic carbocycles. The molecule has 0 spiro atoms. The summed E-state index contributed by atoms with van der Waals surface area (Å²) in [4.78, 5) is 11.0. The maximum atomic E-state index is 11.0. The van der Waals surface area contributed by atoms with E-state index < -0.39 is 6.10 Å². The lowest BCUT2D eigenvalue weighted by Gasteiger charge is -2.16. The fraction of sp³-hybridized carbons (Fsp3) is 0.417. The molecule has 0 aliphatic rings. The van der Waals surface area contributed by atoms with Gasteiger partial charge in [-0.15, -0.1) is 0 Å². The van der Waals surface area contributed by atoms with Crippen molar-refractivity contribution in [2.24, 2.45) is 0 Å². The van der Waals surface area contributed by atoms with Gasteiger partial charge < -0.3 is 19.9 Å². The van der Waals surface area contributed by atoms with Crippen molar-refractivity contribution in [3.63, 3.8) is 0 Å². The number of aliphatic hydroxyl groups is 1. The van der Waals surface area contributed by atoms with E-state index in [2.05, 4.69) is 5.32 Å². The molecule has 1 unspecified atom stereocenters. The first-order chi connectivity index (χ1) is 8.17. The Balaban J connectivity index is 3.23. The molecule has 0 saturated carbocycles. The maximum absolute atomic E-state index is 11.0. The zero-order valence-electron chi connectivity index (χ0n) is 10.2. The number of hydrogen-bond donors (Lipinski definition) is 2. The Morgan fingerprint density at radius 2 is 1.94 bits per heavy atom. The van der Waals surface area contributed by atoms with E-state index in [0.717, 1.165) is 0 Å². The second kappa shape index (κ2) is 6.22. The summed E-state index contributed by atoms with van der Waals surface area (Å²) in [5.74, 6) is 0.957. The Bertz CT molecular complexity index is 392. The molecule has 0 bridgehead atoms. The number of nitrogens with one attached hydrogen (secondary N) is 1. The molecule has 2 N–H and O–H groups in total. The number of aldehydes is 1. The molecular weight excluding hydrogens is 222 g/mol. The fourth-order valence-electron chi connectivity index (χ4n) is 1.60. The van der Waals surface area contributed by atoms with Crippen molar-refractivity contribution in [1.29, 1.82) is 0 Å². The van der Waals surface area contributed by atoms with E-state index in [9.17, 15) is 9.90 Å². The van der Waals surface area contributed by atoms with Gasteiger partial charge in [0.15, 0.2) is 17.8 Å². The number of carbonyl (C=O) groups is 1. The number of carbonyl (C=O) groups excluding carboxylic acids is 1. The van der Waals surface area contributed by atoms with Crippen LogP contribution >= 0.6 is 0 Å². The number of aliphatic hydroxyl groups excluding tert-OH is 1. The topological polar surface area (TPSA) is 67.8 Å². The third-order valence-corrected chi connectivity index (χ3v) is 2.47. The molecular formula is C12H17NO4. The highest BCUT2D eigenvalue weighted by atomic mass is 16.5. The van der Waals surface area contributed by atoms with Crippen LogP contribution in [0.4, 0.5) is 0 Å². The van der Waals surface area contributed by atoms with E-state index in [4.69, 9.17) is 9.47 Å². The van der Waals surface area contributed by atoms with Gasteiger partial charge in [0.05, 0.1) is 20.3 Å². The summed E-state index contributed by atoms with van der Waals surface area (Å²) in [5.41, 5.74) is 0.914. The van der Waals surface area contributed by atoms with Gasteiger partial charge in [0, 0.05) is 12.1 Å². The fourth-order valence-corrected chi connectivity index (χ4v) is 1.60. The van der Waals surface area contributed by atoms with Gasteiger partial charge in [-0.3, -0.25) is 4.79 Å². The van der Waals surface area contributed by atoms with Gasteiger partial charge >= 0.3 is 0 Å². The normalized spacial score (nSPS) is 12.0. The number of benzene rings is 1. The molecule has 1 aromatic rings. The first-order valence-electron chi connectivity index (χ1n) is 5.21. The smallest absolute Gasteiger partial charge is 0.161 e. The Hall–Kier alpha value is -1.59. The summed E-state index contributed by atoms with van der Waals surface area (Å²) >= 11 is 0. The predicted octanol–water partition coefficient (Wildman–Crippen LogP) is 0.769. The third kappa shape index (κ3) is 2.95. The van der Waals surface area contributed by atoms with Crippen molar-refractivity contribution in [3.8, 4) is 11.5 Å². The number of methoxy groups -OCH3 is 2. The largest absolute Gasteiger partial charge is 0.493 e. The average Bonchev–Trinajstić information content (AvgIpc) is 2.37. The highest BCUT2D eigenvalue weighted by Gasteiger charge is 2.16. The Kier molecular flexibility index (Phi) is 4.93. The molecule has 1 atom stereocenters. The van der Waals surface area contributed by atoms with E-state index in [-0.39, 0.29) is 0 Å². The van der Waals surface area contributed by atoms with Gasteiger partial charge in [0.1, 0.15) is 0 Å². The van der Waals surface area contributed by atoms with E-state index in [1.165, 1.54) is 14.2 Å². The van der Waals surface area contributed by atoms with Crippen molar-refractivity contribution in [1.82, 2.24) is 5.32 Å². The lowest BCUT2D eigenvalue weighted by molar-refractivity contribution is 0.111. The van der Waals surface area contributed by atoms with E-state index in [0.29, 0.717) is 35.5 Å². The predicted molar refractivity (Wildman–Crippen MR) is 63.8 cm³/mol. The summed E-state index contributed by atoms with van der Waals surface area (Å²) in [5, 5.41) is 12.7. The Labute approximate surface area is 100 Å². The van der Waals surface area contributed by atoms with E-state index in [1.807, 2.05) is 0 Å². The first kappa shape index (κ1) is 13.5. The molecule has 5 nitrogen and oxygen atoms in total. The molecule has 17 heavy (non-hydrogen) atoms. The van der Waals surface area contributed by atoms with Gasteiger partial charge in [-0.2, -0.15) is 0 Å². The lowest BCUT2D eigenvalue weighted by atomic mass is 10.0. The van der Waals surface area contributed by atoms with Crippen LogP contribution in [0.3, 0.4) is 0 Å². The second-order valence-corrected chi connectivity index (χ2v) is 3.53. The first-order valence-corrected chi connectivity index (χ1v) is 5.21.